The summed E-state index contributed by atoms with van der Waals surface area (Å²) < 4.78 is 5.12. The first-order chi connectivity index (χ1) is 12.5. The van der Waals surface area contributed by atoms with Gasteiger partial charge in [-0.3, -0.25) is 9.59 Å². The molecule has 0 aliphatic heterocycles. The second kappa shape index (κ2) is 7.97. The molecule has 1 amide bonds. The third-order valence-electron chi connectivity index (χ3n) is 3.82. The van der Waals surface area contributed by atoms with Gasteiger partial charge in [0.05, 0.1) is 0 Å². The van der Waals surface area contributed by atoms with Crippen molar-refractivity contribution in [3.63, 3.8) is 0 Å². The fourth-order valence-electron chi connectivity index (χ4n) is 2.53. The van der Waals surface area contributed by atoms with Crippen molar-refractivity contribution in [2.24, 2.45) is 0 Å². The molecule has 0 bridgehead atoms. The second-order valence-corrected chi connectivity index (χ2v) is 6.39. The van der Waals surface area contributed by atoms with E-state index in [9.17, 15) is 9.59 Å². The summed E-state index contributed by atoms with van der Waals surface area (Å²) in [5.41, 5.74) is 1.90. The van der Waals surface area contributed by atoms with Gasteiger partial charge in [-0.25, -0.2) is 0 Å². The third kappa shape index (κ3) is 4.37. The fraction of sp³-hybridized carbons (Fsp3) is 0.150. The number of Topliss-reactive ketones (excluding diaryl/α,β-unsaturated/α-hetero) is 1. The maximum absolute atomic E-state index is 12.3. The van der Waals surface area contributed by atoms with Crippen LogP contribution in [0.15, 0.2) is 65.2 Å². The summed E-state index contributed by atoms with van der Waals surface area (Å²) in [7, 11) is 0. The number of amides is 1. The number of hydrogen-bond acceptors (Lipinski definition) is 4. The van der Waals surface area contributed by atoms with Gasteiger partial charge in [0.15, 0.2) is 5.78 Å². The first kappa shape index (κ1) is 17.9. The lowest BCUT2D eigenvalue weighted by atomic mass is 10.0. The Labute approximate surface area is 156 Å². The van der Waals surface area contributed by atoms with E-state index in [2.05, 4.69) is 10.5 Å². The van der Waals surface area contributed by atoms with E-state index >= 15 is 0 Å². The summed E-state index contributed by atoms with van der Waals surface area (Å²) in [4.78, 5) is 24.5. The molecule has 1 N–H and O–H groups in total. The molecule has 5 nitrogen and oxygen atoms in total. The molecule has 0 saturated heterocycles. The van der Waals surface area contributed by atoms with Crippen LogP contribution in [-0.4, -0.2) is 22.9 Å². The Bertz CT molecular complexity index is 922. The Hall–Kier alpha value is -2.92. The molecular weight excluding hydrogens is 352 g/mol. The van der Waals surface area contributed by atoms with E-state index < -0.39 is 5.91 Å². The van der Waals surface area contributed by atoms with Crippen molar-refractivity contribution in [3.05, 3.63) is 77.0 Å². The van der Waals surface area contributed by atoms with Crippen LogP contribution in [0.1, 0.15) is 34.3 Å². The van der Waals surface area contributed by atoms with Crippen molar-refractivity contribution < 1.29 is 14.1 Å². The molecule has 0 aliphatic carbocycles. The average Bonchev–Trinajstić information content (AvgIpc) is 3.12. The maximum Gasteiger partial charge on any atom is 0.290 e. The molecule has 0 aliphatic rings. The van der Waals surface area contributed by atoms with Gasteiger partial charge >= 0.3 is 0 Å². The van der Waals surface area contributed by atoms with Crippen LogP contribution in [0.4, 0.5) is 0 Å². The van der Waals surface area contributed by atoms with Crippen molar-refractivity contribution in [1.29, 1.82) is 0 Å². The van der Waals surface area contributed by atoms with Crippen molar-refractivity contribution in [1.82, 2.24) is 10.5 Å². The molecule has 0 spiro atoms. The number of nitrogens with zero attached hydrogens (tertiary/aromatic N) is 1. The fourth-order valence-corrected chi connectivity index (χ4v) is 2.72. The lowest BCUT2D eigenvalue weighted by molar-refractivity contribution is 0.0888. The van der Waals surface area contributed by atoms with E-state index in [0.717, 1.165) is 5.56 Å². The smallest absolute Gasteiger partial charge is 0.290 e. The van der Waals surface area contributed by atoms with Crippen LogP contribution in [-0.2, 0) is 0 Å². The molecule has 3 rings (SSSR count). The molecular formula is C20H17ClN2O3. The highest BCUT2D eigenvalue weighted by Gasteiger charge is 2.18. The van der Waals surface area contributed by atoms with E-state index in [1.54, 1.807) is 43.3 Å². The number of rotatable bonds is 6. The van der Waals surface area contributed by atoms with Gasteiger partial charge in [-0.1, -0.05) is 59.2 Å². The molecule has 1 atom stereocenters. The van der Waals surface area contributed by atoms with Crippen LogP contribution in [0, 0.1) is 0 Å². The predicted octanol–water partition coefficient (Wildman–Crippen LogP) is 4.39. The van der Waals surface area contributed by atoms with Crippen LogP contribution in [0.25, 0.3) is 11.3 Å². The topological polar surface area (TPSA) is 72.2 Å². The number of nitrogens with one attached hydrogen (secondary N) is 1. The molecule has 0 radical (unpaired) electrons. The van der Waals surface area contributed by atoms with Crippen molar-refractivity contribution >= 4 is 23.3 Å². The standard InChI is InChI=1S/C20H17ClN2O3/c1-13(10-18(24)14-6-3-2-4-7-14)22-20(25)19-12-17(23-26-19)15-8-5-9-16(21)11-15/h2-9,11-13H,10H2,1H3,(H,22,25)/t13-/m0/s1. The quantitative estimate of drug-likeness (QED) is 0.655. The highest BCUT2D eigenvalue weighted by atomic mass is 35.5. The van der Waals surface area contributed by atoms with Crippen molar-refractivity contribution in [2.45, 2.75) is 19.4 Å². The van der Waals surface area contributed by atoms with Gasteiger partial charge < -0.3 is 9.84 Å². The van der Waals surface area contributed by atoms with Crippen molar-refractivity contribution in [2.75, 3.05) is 0 Å². The third-order valence-corrected chi connectivity index (χ3v) is 4.05. The highest BCUT2D eigenvalue weighted by Crippen LogP contribution is 2.22. The first-order valence-electron chi connectivity index (χ1n) is 8.14. The monoisotopic (exact) mass is 368 g/mol. The Morgan fingerprint density at radius 2 is 1.88 bits per heavy atom. The summed E-state index contributed by atoms with van der Waals surface area (Å²) in [6.07, 6.45) is 0.199. The normalized spacial score (nSPS) is 11.8. The summed E-state index contributed by atoms with van der Waals surface area (Å²) in [5.74, 6) is -0.367. The molecule has 0 unspecified atom stereocenters. The van der Waals surface area contributed by atoms with E-state index in [1.165, 1.54) is 0 Å². The van der Waals surface area contributed by atoms with Crippen LogP contribution in [0.5, 0.6) is 0 Å². The molecule has 1 aromatic heterocycles. The molecule has 3 aromatic rings. The van der Waals surface area contributed by atoms with Gasteiger partial charge in [0.1, 0.15) is 5.69 Å². The Morgan fingerprint density at radius 1 is 1.12 bits per heavy atom. The van der Waals surface area contributed by atoms with E-state index in [4.69, 9.17) is 16.1 Å². The van der Waals surface area contributed by atoms with Crippen LogP contribution >= 0.6 is 11.6 Å². The molecule has 0 fully saturated rings. The zero-order chi connectivity index (χ0) is 18.5. The number of carbonyl (C=O) groups excluding carboxylic acids is 2. The minimum atomic E-state index is -0.417. The summed E-state index contributed by atoms with van der Waals surface area (Å²) in [5, 5.41) is 7.23. The zero-order valence-electron chi connectivity index (χ0n) is 14.1. The SMILES string of the molecule is C[C@@H](CC(=O)c1ccccc1)NC(=O)c1cc(-c2cccc(Cl)c2)no1. The van der Waals surface area contributed by atoms with Crippen LogP contribution < -0.4 is 5.32 Å². The van der Waals surface area contributed by atoms with E-state index in [0.29, 0.717) is 16.3 Å². The van der Waals surface area contributed by atoms with E-state index in [-0.39, 0.29) is 24.0 Å². The van der Waals surface area contributed by atoms with Gasteiger partial charge in [-0.05, 0) is 19.1 Å². The van der Waals surface area contributed by atoms with Crippen LogP contribution in [0.2, 0.25) is 5.02 Å². The van der Waals surface area contributed by atoms with Crippen molar-refractivity contribution in [3.8, 4) is 11.3 Å². The number of hydrogen-bond donors (Lipinski definition) is 1. The Balaban J connectivity index is 1.62. The van der Waals surface area contributed by atoms with Gasteiger partial charge in [-0.2, -0.15) is 0 Å². The lowest BCUT2D eigenvalue weighted by Gasteiger charge is -2.11. The van der Waals surface area contributed by atoms with Gasteiger partial charge in [0.2, 0.25) is 5.76 Å². The summed E-state index contributed by atoms with van der Waals surface area (Å²) in [6.45, 7) is 1.77. The Morgan fingerprint density at radius 3 is 2.62 bits per heavy atom. The largest absolute Gasteiger partial charge is 0.350 e. The number of aromatic nitrogens is 1. The lowest BCUT2D eigenvalue weighted by Crippen LogP contribution is -2.34. The number of halogens is 1. The molecule has 0 saturated carbocycles. The first-order valence-corrected chi connectivity index (χ1v) is 8.52. The molecule has 6 heteroatoms. The summed E-state index contributed by atoms with van der Waals surface area (Å²) in [6, 6.07) is 17.3. The van der Waals surface area contributed by atoms with E-state index in [1.807, 2.05) is 24.3 Å². The minimum Gasteiger partial charge on any atom is -0.350 e. The molecule has 2 aromatic carbocycles. The number of benzene rings is 2. The molecule has 132 valence electrons. The second-order valence-electron chi connectivity index (χ2n) is 5.95. The zero-order valence-corrected chi connectivity index (χ0v) is 14.9. The molecule has 26 heavy (non-hydrogen) atoms. The highest BCUT2D eigenvalue weighted by molar-refractivity contribution is 6.30. The minimum absolute atomic E-state index is 0.0319. The predicted molar refractivity (Wildman–Crippen MR) is 99.3 cm³/mol. The average molecular weight is 369 g/mol. The number of ketones is 1. The van der Waals surface area contributed by atoms with Crippen LogP contribution in [0.3, 0.4) is 0 Å². The Kier molecular flexibility index (Phi) is 5.49. The summed E-state index contributed by atoms with van der Waals surface area (Å²) >= 11 is 5.96. The molecule has 1 heterocycles. The van der Waals surface area contributed by atoms with Gasteiger partial charge in [0.25, 0.3) is 5.91 Å². The van der Waals surface area contributed by atoms with Gasteiger partial charge in [-0.15, -0.1) is 0 Å². The van der Waals surface area contributed by atoms with Gasteiger partial charge in [0, 0.05) is 34.7 Å². The number of carbonyl (C=O) groups is 2. The maximum atomic E-state index is 12.3.